The first kappa shape index (κ1) is 28.2. The van der Waals surface area contributed by atoms with Gasteiger partial charge in [-0.3, -0.25) is 40.9 Å². The van der Waals surface area contributed by atoms with E-state index in [1.54, 1.807) is 31.2 Å². The van der Waals surface area contributed by atoms with Crippen LogP contribution in [0.1, 0.15) is 79.0 Å². The maximum absolute atomic E-state index is 12.2. The van der Waals surface area contributed by atoms with Crippen LogP contribution >= 0.6 is 0 Å². The number of unbranched alkanes of at least 4 members (excludes halogenated alkanes) is 5. The molecular formula is C26H34N4O6. The van der Waals surface area contributed by atoms with E-state index in [4.69, 9.17) is 0 Å². The summed E-state index contributed by atoms with van der Waals surface area (Å²) in [7, 11) is 0. The monoisotopic (exact) mass is 498 g/mol. The summed E-state index contributed by atoms with van der Waals surface area (Å²) in [5, 5.41) is 19.3. The van der Waals surface area contributed by atoms with Gasteiger partial charge in [-0.2, -0.15) is 0 Å². The summed E-state index contributed by atoms with van der Waals surface area (Å²) in [5.41, 5.74) is 9.51. The lowest BCUT2D eigenvalue weighted by Gasteiger charge is -2.13. The third-order valence-corrected chi connectivity index (χ3v) is 5.65. The maximum Gasteiger partial charge on any atom is 0.273 e. The van der Waals surface area contributed by atoms with Crippen molar-refractivity contribution in [2.45, 2.75) is 58.3 Å². The number of carbonyl (C=O) groups is 4. The zero-order valence-corrected chi connectivity index (χ0v) is 20.4. The highest BCUT2D eigenvalue weighted by Crippen LogP contribution is 2.16. The zero-order chi connectivity index (χ0) is 26.3. The van der Waals surface area contributed by atoms with Gasteiger partial charge in [-0.05, 0) is 37.1 Å². The SMILES string of the molecule is CC(CCCCCCCCC(=O)NNC(=O)c1ccccc1O)C(=O)NNC(=O)c1ccccc1O. The second-order valence-electron chi connectivity index (χ2n) is 8.54. The van der Waals surface area contributed by atoms with E-state index in [9.17, 15) is 29.4 Å². The standard InChI is InChI=1S/C26H34N4O6/c1-18(24(34)28-30-26(36)20-14-9-11-16-22(20)32)12-6-4-2-3-5-7-17-23(33)27-29-25(35)19-13-8-10-15-21(19)31/h8-11,13-16,18,31-32H,2-7,12,17H2,1H3,(H,27,33)(H,28,34)(H,29,35)(H,30,36). The van der Waals surface area contributed by atoms with Crippen molar-refractivity contribution in [3.05, 3.63) is 59.7 Å². The second kappa shape index (κ2) is 15.0. The molecule has 2 aromatic carbocycles. The summed E-state index contributed by atoms with van der Waals surface area (Å²) in [6.07, 6.45) is 6.26. The molecule has 2 aromatic rings. The Labute approximate surface area is 210 Å². The fraction of sp³-hybridized carbons (Fsp3) is 0.385. The molecule has 4 amide bonds. The van der Waals surface area contributed by atoms with Crippen molar-refractivity contribution in [1.29, 1.82) is 0 Å². The van der Waals surface area contributed by atoms with Gasteiger partial charge in [0, 0.05) is 12.3 Å². The minimum atomic E-state index is -0.583. The molecule has 1 unspecified atom stereocenters. The molecule has 0 aliphatic heterocycles. The van der Waals surface area contributed by atoms with Crippen molar-refractivity contribution in [2.75, 3.05) is 0 Å². The summed E-state index contributed by atoms with van der Waals surface area (Å²) in [6, 6.07) is 12.2. The van der Waals surface area contributed by atoms with Crippen molar-refractivity contribution in [3.8, 4) is 11.5 Å². The molecule has 0 aliphatic rings. The number of hydrogen-bond acceptors (Lipinski definition) is 6. The molecule has 10 heteroatoms. The molecule has 1 atom stereocenters. The van der Waals surface area contributed by atoms with E-state index in [1.165, 1.54) is 24.3 Å². The number of carbonyl (C=O) groups excluding carboxylic acids is 4. The second-order valence-corrected chi connectivity index (χ2v) is 8.54. The van der Waals surface area contributed by atoms with Gasteiger partial charge in [0.05, 0.1) is 11.1 Å². The Hall–Kier alpha value is -4.08. The number of rotatable bonds is 12. The van der Waals surface area contributed by atoms with Gasteiger partial charge in [-0.25, -0.2) is 0 Å². The summed E-state index contributed by atoms with van der Waals surface area (Å²) >= 11 is 0. The molecule has 0 aliphatic carbocycles. The van der Waals surface area contributed by atoms with Gasteiger partial charge >= 0.3 is 0 Å². The molecule has 10 nitrogen and oxygen atoms in total. The highest BCUT2D eigenvalue weighted by Gasteiger charge is 2.15. The average molecular weight is 499 g/mol. The minimum absolute atomic E-state index is 0.0835. The van der Waals surface area contributed by atoms with Crippen molar-refractivity contribution in [1.82, 2.24) is 21.7 Å². The molecule has 194 valence electrons. The lowest BCUT2D eigenvalue weighted by atomic mass is 10.0. The maximum atomic E-state index is 12.2. The molecule has 0 aromatic heterocycles. The van der Waals surface area contributed by atoms with E-state index >= 15 is 0 Å². The van der Waals surface area contributed by atoms with Crippen LogP contribution in [0.3, 0.4) is 0 Å². The summed E-state index contributed by atoms with van der Waals surface area (Å²) in [5.74, 6) is -2.34. The van der Waals surface area contributed by atoms with Gasteiger partial charge in [-0.1, -0.05) is 63.3 Å². The van der Waals surface area contributed by atoms with Gasteiger partial charge in [0.2, 0.25) is 11.8 Å². The predicted molar refractivity (Wildman–Crippen MR) is 134 cm³/mol. The van der Waals surface area contributed by atoms with Gasteiger partial charge in [0.15, 0.2) is 0 Å². The van der Waals surface area contributed by atoms with Crippen LogP contribution in [0.5, 0.6) is 11.5 Å². The number of hydrazine groups is 2. The fourth-order valence-electron chi connectivity index (χ4n) is 3.47. The Bertz CT molecular complexity index is 1040. The van der Waals surface area contributed by atoms with Crippen LogP contribution in [0.15, 0.2) is 48.5 Å². The predicted octanol–water partition coefficient (Wildman–Crippen LogP) is 3.08. The van der Waals surface area contributed by atoms with Crippen molar-refractivity contribution in [3.63, 3.8) is 0 Å². The molecule has 2 rings (SSSR count). The molecule has 0 bridgehead atoms. The van der Waals surface area contributed by atoms with Crippen LogP contribution in [0, 0.1) is 5.92 Å². The fourth-order valence-corrected chi connectivity index (χ4v) is 3.47. The van der Waals surface area contributed by atoms with Crippen LogP contribution < -0.4 is 21.7 Å². The van der Waals surface area contributed by atoms with E-state index in [0.717, 1.165) is 32.1 Å². The number of phenols is 2. The van der Waals surface area contributed by atoms with Gasteiger partial charge in [0.1, 0.15) is 11.5 Å². The topological polar surface area (TPSA) is 157 Å². The van der Waals surface area contributed by atoms with Crippen LogP contribution in [0.2, 0.25) is 0 Å². The van der Waals surface area contributed by atoms with Gasteiger partial charge in [0.25, 0.3) is 11.8 Å². The Kier molecular flexibility index (Phi) is 11.8. The summed E-state index contributed by atoms with van der Waals surface area (Å²) < 4.78 is 0. The van der Waals surface area contributed by atoms with Crippen molar-refractivity contribution >= 4 is 23.6 Å². The lowest BCUT2D eigenvalue weighted by Crippen LogP contribution is -2.44. The van der Waals surface area contributed by atoms with Crippen molar-refractivity contribution < 1.29 is 29.4 Å². The molecule has 0 fully saturated rings. The third-order valence-electron chi connectivity index (χ3n) is 5.65. The van der Waals surface area contributed by atoms with Crippen LogP contribution in [-0.4, -0.2) is 33.8 Å². The first-order valence-electron chi connectivity index (χ1n) is 12.0. The normalized spacial score (nSPS) is 11.2. The molecule has 0 radical (unpaired) electrons. The Morgan fingerprint density at radius 3 is 1.69 bits per heavy atom. The quantitative estimate of drug-likeness (QED) is 0.195. The van der Waals surface area contributed by atoms with Gasteiger partial charge < -0.3 is 10.2 Å². The molecule has 36 heavy (non-hydrogen) atoms. The largest absolute Gasteiger partial charge is 0.507 e. The number of amides is 4. The third kappa shape index (κ3) is 9.65. The van der Waals surface area contributed by atoms with Crippen LogP contribution in [-0.2, 0) is 9.59 Å². The first-order chi connectivity index (χ1) is 17.3. The Morgan fingerprint density at radius 2 is 1.14 bits per heavy atom. The smallest absolute Gasteiger partial charge is 0.273 e. The summed E-state index contributed by atoms with van der Waals surface area (Å²) in [6.45, 7) is 1.79. The van der Waals surface area contributed by atoms with Gasteiger partial charge in [-0.15, -0.1) is 0 Å². The first-order valence-corrected chi connectivity index (χ1v) is 12.0. The van der Waals surface area contributed by atoms with E-state index in [1.807, 2.05) is 0 Å². The number of phenolic OH excluding ortho intramolecular Hbond substituents is 2. The number of nitrogens with one attached hydrogen (secondary N) is 4. The molecule has 0 heterocycles. The Morgan fingerprint density at radius 1 is 0.667 bits per heavy atom. The Balaban J connectivity index is 1.48. The lowest BCUT2D eigenvalue weighted by molar-refractivity contribution is -0.125. The molecule has 0 spiro atoms. The van der Waals surface area contributed by atoms with Crippen LogP contribution in [0.4, 0.5) is 0 Å². The molecular weight excluding hydrogens is 464 g/mol. The van der Waals surface area contributed by atoms with Crippen molar-refractivity contribution in [2.24, 2.45) is 5.92 Å². The number of para-hydroxylation sites is 2. The summed E-state index contributed by atoms with van der Waals surface area (Å²) in [4.78, 5) is 48.0. The highest BCUT2D eigenvalue weighted by molar-refractivity contribution is 5.98. The highest BCUT2D eigenvalue weighted by atomic mass is 16.3. The van der Waals surface area contributed by atoms with E-state index in [2.05, 4.69) is 21.7 Å². The van der Waals surface area contributed by atoms with E-state index in [-0.39, 0.29) is 46.8 Å². The number of benzene rings is 2. The van der Waals surface area contributed by atoms with E-state index < -0.39 is 11.8 Å². The number of aromatic hydroxyl groups is 2. The molecule has 0 saturated heterocycles. The molecule has 6 N–H and O–H groups in total. The number of hydrogen-bond donors (Lipinski definition) is 6. The average Bonchev–Trinajstić information content (AvgIpc) is 2.87. The van der Waals surface area contributed by atoms with E-state index in [0.29, 0.717) is 12.8 Å². The zero-order valence-electron chi connectivity index (χ0n) is 20.4. The molecule has 0 saturated carbocycles. The van der Waals surface area contributed by atoms with Crippen LogP contribution in [0.25, 0.3) is 0 Å². The minimum Gasteiger partial charge on any atom is -0.507 e.